The summed E-state index contributed by atoms with van der Waals surface area (Å²) >= 11 is 0. The van der Waals surface area contributed by atoms with Crippen molar-refractivity contribution in [1.29, 1.82) is 0 Å². The molecule has 3 nitrogen and oxygen atoms in total. The highest BCUT2D eigenvalue weighted by Gasteiger charge is 2.39. The molecule has 17 heavy (non-hydrogen) atoms. The summed E-state index contributed by atoms with van der Waals surface area (Å²) in [7, 11) is 0. The average Bonchev–Trinajstić information content (AvgIpc) is 2.99. The van der Waals surface area contributed by atoms with Crippen molar-refractivity contribution in [3.8, 4) is 0 Å². The topological polar surface area (TPSA) is 41.1 Å². The Morgan fingerprint density at radius 3 is 2.76 bits per heavy atom. The zero-order chi connectivity index (χ0) is 11.7. The average molecular weight is 236 g/mol. The van der Waals surface area contributed by atoms with Gasteiger partial charge in [-0.05, 0) is 56.4 Å². The number of amides is 1. The smallest absolute Gasteiger partial charge is 0.237 e. The van der Waals surface area contributed by atoms with Crippen molar-refractivity contribution in [2.24, 2.45) is 17.8 Å². The zero-order valence-corrected chi connectivity index (χ0v) is 10.6. The van der Waals surface area contributed by atoms with Gasteiger partial charge in [-0.1, -0.05) is 12.8 Å². The van der Waals surface area contributed by atoms with Crippen molar-refractivity contribution in [1.82, 2.24) is 10.6 Å². The van der Waals surface area contributed by atoms with Gasteiger partial charge in [0.25, 0.3) is 0 Å². The van der Waals surface area contributed by atoms with E-state index in [1.807, 2.05) is 0 Å². The summed E-state index contributed by atoms with van der Waals surface area (Å²) in [6.45, 7) is 1.93. The number of rotatable bonds is 3. The minimum Gasteiger partial charge on any atom is -0.354 e. The molecule has 1 heterocycles. The van der Waals surface area contributed by atoms with Crippen LogP contribution >= 0.6 is 0 Å². The van der Waals surface area contributed by atoms with Gasteiger partial charge in [0, 0.05) is 6.54 Å². The van der Waals surface area contributed by atoms with Crippen molar-refractivity contribution < 1.29 is 4.79 Å². The molecule has 0 aromatic heterocycles. The van der Waals surface area contributed by atoms with Gasteiger partial charge < -0.3 is 10.6 Å². The van der Waals surface area contributed by atoms with Crippen LogP contribution in [-0.2, 0) is 4.79 Å². The molecule has 2 aliphatic carbocycles. The van der Waals surface area contributed by atoms with Gasteiger partial charge in [-0.2, -0.15) is 0 Å². The van der Waals surface area contributed by atoms with Crippen LogP contribution in [0.25, 0.3) is 0 Å². The molecule has 0 spiro atoms. The van der Waals surface area contributed by atoms with E-state index in [4.69, 9.17) is 0 Å². The van der Waals surface area contributed by atoms with E-state index in [1.165, 1.54) is 38.5 Å². The van der Waals surface area contributed by atoms with Gasteiger partial charge in [0.15, 0.2) is 0 Å². The van der Waals surface area contributed by atoms with Crippen LogP contribution in [0.1, 0.15) is 44.9 Å². The van der Waals surface area contributed by atoms with E-state index < -0.39 is 0 Å². The highest BCUT2D eigenvalue weighted by molar-refractivity contribution is 5.81. The normalized spacial score (nSPS) is 40.5. The van der Waals surface area contributed by atoms with Gasteiger partial charge >= 0.3 is 0 Å². The predicted molar refractivity (Wildman–Crippen MR) is 67.6 cm³/mol. The molecule has 0 radical (unpaired) electrons. The Morgan fingerprint density at radius 2 is 2.12 bits per heavy atom. The van der Waals surface area contributed by atoms with Crippen molar-refractivity contribution in [3.05, 3.63) is 0 Å². The van der Waals surface area contributed by atoms with Crippen molar-refractivity contribution >= 4 is 5.91 Å². The van der Waals surface area contributed by atoms with Gasteiger partial charge in [-0.3, -0.25) is 4.79 Å². The van der Waals surface area contributed by atoms with Crippen LogP contribution < -0.4 is 10.6 Å². The maximum atomic E-state index is 12.0. The number of carbonyl (C=O) groups excluding carboxylic acids is 1. The third kappa shape index (κ3) is 2.49. The number of nitrogens with one attached hydrogen (secondary N) is 2. The number of fused-ring (bicyclic) bond motifs is 2. The molecule has 96 valence electrons. The zero-order valence-electron chi connectivity index (χ0n) is 10.6. The van der Waals surface area contributed by atoms with Crippen LogP contribution in [0.4, 0.5) is 0 Å². The van der Waals surface area contributed by atoms with E-state index in [0.29, 0.717) is 0 Å². The highest BCUT2D eigenvalue weighted by Crippen LogP contribution is 2.47. The Balaban J connectivity index is 1.43. The largest absolute Gasteiger partial charge is 0.354 e. The summed E-state index contributed by atoms with van der Waals surface area (Å²) in [5.41, 5.74) is 0. The Bertz CT molecular complexity index is 286. The first-order valence-electron chi connectivity index (χ1n) is 7.34. The van der Waals surface area contributed by atoms with Crippen LogP contribution in [0.5, 0.6) is 0 Å². The van der Waals surface area contributed by atoms with E-state index in [2.05, 4.69) is 10.6 Å². The summed E-state index contributed by atoms with van der Waals surface area (Å²) in [4.78, 5) is 12.0. The molecular formula is C14H24N2O. The Morgan fingerprint density at radius 1 is 1.18 bits per heavy atom. The fourth-order valence-corrected chi connectivity index (χ4v) is 4.06. The third-order valence-corrected chi connectivity index (χ3v) is 5.05. The van der Waals surface area contributed by atoms with Gasteiger partial charge in [0.1, 0.15) is 0 Å². The summed E-state index contributed by atoms with van der Waals surface area (Å²) in [6.07, 6.45) is 9.08. The predicted octanol–water partition coefficient (Wildman–Crippen LogP) is 1.68. The van der Waals surface area contributed by atoms with Gasteiger partial charge in [-0.15, -0.1) is 0 Å². The second kappa shape index (κ2) is 4.97. The van der Waals surface area contributed by atoms with E-state index in [1.54, 1.807) is 0 Å². The Labute approximate surface area is 104 Å². The molecule has 2 bridgehead atoms. The lowest BCUT2D eigenvalue weighted by Crippen LogP contribution is -2.47. The molecule has 3 fully saturated rings. The Hall–Kier alpha value is -0.570. The second-order valence-corrected chi connectivity index (χ2v) is 6.18. The fraction of sp³-hybridized carbons (Fsp3) is 0.929. The molecule has 3 unspecified atom stereocenters. The number of carbonyl (C=O) groups is 1. The maximum Gasteiger partial charge on any atom is 0.237 e. The molecule has 1 amide bonds. The first kappa shape index (κ1) is 11.5. The molecule has 3 rings (SSSR count). The monoisotopic (exact) mass is 236 g/mol. The molecule has 2 saturated carbocycles. The van der Waals surface area contributed by atoms with E-state index >= 15 is 0 Å². The van der Waals surface area contributed by atoms with E-state index in [-0.39, 0.29) is 11.9 Å². The minimum atomic E-state index is 0.0855. The summed E-state index contributed by atoms with van der Waals surface area (Å²) in [5.74, 6) is 2.92. The lowest BCUT2D eigenvalue weighted by molar-refractivity contribution is -0.123. The standard InChI is InChI=1S/C14H24N2O/c17-14(13-3-1-2-6-15-13)16-9-12-8-10-4-5-11(12)7-10/h10-13,15H,1-9H2,(H,16,17)/t10?,11?,12?,13-/m0/s1. The fourth-order valence-electron chi connectivity index (χ4n) is 4.06. The third-order valence-electron chi connectivity index (χ3n) is 5.05. The number of hydrogen-bond acceptors (Lipinski definition) is 2. The van der Waals surface area contributed by atoms with Crippen LogP contribution in [-0.4, -0.2) is 25.0 Å². The minimum absolute atomic E-state index is 0.0855. The van der Waals surface area contributed by atoms with Crippen LogP contribution in [0.3, 0.4) is 0 Å². The quantitative estimate of drug-likeness (QED) is 0.783. The molecule has 0 aromatic rings. The van der Waals surface area contributed by atoms with E-state index in [0.717, 1.165) is 37.3 Å². The van der Waals surface area contributed by atoms with Crippen molar-refractivity contribution in [3.63, 3.8) is 0 Å². The van der Waals surface area contributed by atoms with Gasteiger partial charge in [-0.25, -0.2) is 0 Å². The molecule has 1 aliphatic heterocycles. The molecule has 1 saturated heterocycles. The molecule has 4 atom stereocenters. The molecule has 3 heteroatoms. The second-order valence-electron chi connectivity index (χ2n) is 6.18. The van der Waals surface area contributed by atoms with Gasteiger partial charge in [0.05, 0.1) is 6.04 Å². The van der Waals surface area contributed by atoms with Crippen molar-refractivity contribution in [2.75, 3.05) is 13.1 Å². The van der Waals surface area contributed by atoms with E-state index in [9.17, 15) is 4.79 Å². The summed E-state index contributed by atoms with van der Waals surface area (Å²) < 4.78 is 0. The first-order valence-corrected chi connectivity index (χ1v) is 7.34. The lowest BCUT2D eigenvalue weighted by atomic mass is 9.89. The Kier molecular flexibility index (Phi) is 3.37. The molecule has 0 aromatic carbocycles. The summed E-state index contributed by atoms with van der Waals surface area (Å²) in [6, 6.07) is 0.0855. The number of piperidine rings is 1. The van der Waals surface area contributed by atoms with Crippen LogP contribution in [0, 0.1) is 17.8 Å². The van der Waals surface area contributed by atoms with Crippen molar-refractivity contribution in [2.45, 2.75) is 51.0 Å². The number of hydrogen-bond donors (Lipinski definition) is 2. The molecule has 2 N–H and O–H groups in total. The molecule has 3 aliphatic rings. The lowest BCUT2D eigenvalue weighted by Gasteiger charge is -2.25. The van der Waals surface area contributed by atoms with Crippen LogP contribution in [0.15, 0.2) is 0 Å². The van der Waals surface area contributed by atoms with Crippen LogP contribution in [0.2, 0.25) is 0 Å². The maximum absolute atomic E-state index is 12.0. The highest BCUT2D eigenvalue weighted by atomic mass is 16.2. The summed E-state index contributed by atoms with van der Waals surface area (Å²) in [5, 5.41) is 6.49. The SMILES string of the molecule is O=C(NCC1CC2CCC1C2)[C@@H]1CCCCN1. The van der Waals surface area contributed by atoms with Gasteiger partial charge in [0.2, 0.25) is 5.91 Å². The molecular weight excluding hydrogens is 212 g/mol. The first-order chi connectivity index (χ1) is 8.33.